The topological polar surface area (TPSA) is 67.1 Å². The molecule has 2 aromatic rings. The predicted octanol–water partition coefficient (Wildman–Crippen LogP) is 3.12. The van der Waals surface area contributed by atoms with E-state index in [0.717, 1.165) is 37.0 Å². The van der Waals surface area contributed by atoms with E-state index in [0.29, 0.717) is 12.6 Å². The van der Waals surface area contributed by atoms with Crippen LogP contribution in [-0.4, -0.2) is 33.3 Å². The van der Waals surface area contributed by atoms with Gasteiger partial charge in [0.05, 0.1) is 0 Å². The van der Waals surface area contributed by atoms with E-state index >= 15 is 0 Å². The van der Waals surface area contributed by atoms with Gasteiger partial charge in [-0.2, -0.15) is 0 Å². The van der Waals surface area contributed by atoms with Crippen molar-refractivity contribution in [1.29, 1.82) is 0 Å². The van der Waals surface area contributed by atoms with Crippen LogP contribution in [0.4, 0.5) is 0 Å². The number of aryl methyl sites for hydroxylation is 2. The van der Waals surface area contributed by atoms with Crippen molar-refractivity contribution in [2.45, 2.75) is 64.5 Å². The standard InChI is InChI=1S/C21H32N6/c1-17-25-26-20(27(17)2)16-23-21(24-19-13-7-4-8-14-19)22-15-9-12-18-10-5-3-6-11-18/h3,5-6,10-11,19H,4,7-9,12-16H2,1-2H3,(H2,22,23,24). The minimum atomic E-state index is 0.528. The predicted molar refractivity (Wildman–Crippen MR) is 110 cm³/mol. The summed E-state index contributed by atoms with van der Waals surface area (Å²) in [5.74, 6) is 2.70. The Kier molecular flexibility index (Phi) is 7.25. The first-order valence-corrected chi connectivity index (χ1v) is 10.2. The van der Waals surface area contributed by atoms with Crippen LogP contribution in [0.15, 0.2) is 35.3 Å². The van der Waals surface area contributed by atoms with E-state index in [1.807, 2.05) is 18.5 Å². The zero-order valence-electron chi connectivity index (χ0n) is 16.6. The van der Waals surface area contributed by atoms with Crippen LogP contribution < -0.4 is 10.6 Å². The quantitative estimate of drug-likeness (QED) is 0.448. The summed E-state index contributed by atoms with van der Waals surface area (Å²) < 4.78 is 2.00. The molecule has 2 N–H and O–H groups in total. The van der Waals surface area contributed by atoms with Crippen molar-refractivity contribution in [2.24, 2.45) is 12.0 Å². The summed E-state index contributed by atoms with van der Waals surface area (Å²) in [7, 11) is 1.99. The maximum absolute atomic E-state index is 4.78. The molecular weight excluding hydrogens is 336 g/mol. The van der Waals surface area contributed by atoms with Crippen LogP contribution in [0.25, 0.3) is 0 Å². The first-order valence-electron chi connectivity index (χ1n) is 10.2. The number of rotatable bonds is 7. The fraction of sp³-hybridized carbons (Fsp3) is 0.571. The van der Waals surface area contributed by atoms with Crippen LogP contribution in [0.2, 0.25) is 0 Å². The highest BCUT2D eigenvalue weighted by Crippen LogP contribution is 2.17. The van der Waals surface area contributed by atoms with Gasteiger partial charge in [0.15, 0.2) is 11.8 Å². The Balaban J connectivity index is 1.54. The maximum Gasteiger partial charge on any atom is 0.191 e. The minimum Gasteiger partial charge on any atom is -0.356 e. The summed E-state index contributed by atoms with van der Waals surface area (Å²) in [6, 6.07) is 11.2. The van der Waals surface area contributed by atoms with Gasteiger partial charge in [-0.15, -0.1) is 10.2 Å². The van der Waals surface area contributed by atoms with Crippen molar-refractivity contribution < 1.29 is 0 Å². The lowest BCUT2D eigenvalue weighted by Gasteiger charge is -2.25. The summed E-state index contributed by atoms with van der Waals surface area (Å²) in [6.45, 7) is 3.41. The molecule has 27 heavy (non-hydrogen) atoms. The summed E-state index contributed by atoms with van der Waals surface area (Å²) in [4.78, 5) is 4.78. The second kappa shape index (κ2) is 10.1. The number of aromatic nitrogens is 3. The Morgan fingerprint density at radius 3 is 2.63 bits per heavy atom. The van der Waals surface area contributed by atoms with Gasteiger partial charge in [0, 0.05) is 19.6 Å². The second-order valence-corrected chi connectivity index (χ2v) is 7.38. The first-order chi connectivity index (χ1) is 13.2. The van der Waals surface area contributed by atoms with E-state index in [1.54, 1.807) is 0 Å². The Morgan fingerprint density at radius 2 is 1.93 bits per heavy atom. The van der Waals surface area contributed by atoms with Crippen molar-refractivity contribution in [3.8, 4) is 0 Å². The maximum atomic E-state index is 4.78. The van der Waals surface area contributed by atoms with Crippen LogP contribution in [0.5, 0.6) is 0 Å². The lowest BCUT2D eigenvalue weighted by molar-refractivity contribution is 0.409. The SMILES string of the molecule is Cc1nnc(CN=C(NCCCc2ccccc2)NC2CCCCC2)n1C. The van der Waals surface area contributed by atoms with Crippen molar-refractivity contribution in [3.05, 3.63) is 47.5 Å². The normalized spacial score (nSPS) is 15.7. The third-order valence-electron chi connectivity index (χ3n) is 5.28. The van der Waals surface area contributed by atoms with Crippen molar-refractivity contribution in [2.75, 3.05) is 6.54 Å². The monoisotopic (exact) mass is 368 g/mol. The van der Waals surface area contributed by atoms with Gasteiger partial charge < -0.3 is 15.2 Å². The lowest BCUT2D eigenvalue weighted by atomic mass is 9.96. The fourth-order valence-electron chi connectivity index (χ4n) is 3.48. The van der Waals surface area contributed by atoms with Gasteiger partial charge in [-0.1, -0.05) is 49.6 Å². The van der Waals surface area contributed by atoms with E-state index in [2.05, 4.69) is 51.2 Å². The Morgan fingerprint density at radius 1 is 1.15 bits per heavy atom. The van der Waals surface area contributed by atoms with Gasteiger partial charge in [-0.3, -0.25) is 0 Å². The molecule has 6 nitrogen and oxygen atoms in total. The average molecular weight is 369 g/mol. The Bertz CT molecular complexity index is 716. The van der Waals surface area contributed by atoms with E-state index in [-0.39, 0.29) is 0 Å². The average Bonchev–Trinajstić information content (AvgIpc) is 3.03. The molecule has 1 fully saturated rings. The van der Waals surface area contributed by atoms with Crippen molar-refractivity contribution >= 4 is 5.96 Å². The third kappa shape index (κ3) is 6.08. The van der Waals surface area contributed by atoms with E-state index < -0.39 is 0 Å². The number of nitrogens with one attached hydrogen (secondary N) is 2. The third-order valence-corrected chi connectivity index (χ3v) is 5.28. The molecule has 1 aromatic heterocycles. The fourth-order valence-corrected chi connectivity index (χ4v) is 3.48. The number of guanidine groups is 1. The van der Waals surface area contributed by atoms with Crippen molar-refractivity contribution in [3.63, 3.8) is 0 Å². The summed E-state index contributed by atoms with van der Waals surface area (Å²) in [5.41, 5.74) is 1.38. The van der Waals surface area contributed by atoms with Crippen LogP contribution in [0.3, 0.4) is 0 Å². The zero-order valence-corrected chi connectivity index (χ0v) is 16.6. The molecule has 0 aliphatic heterocycles. The molecule has 1 aliphatic rings. The highest BCUT2D eigenvalue weighted by Gasteiger charge is 2.15. The van der Waals surface area contributed by atoms with Gasteiger partial charge >= 0.3 is 0 Å². The molecule has 0 unspecified atom stereocenters. The lowest BCUT2D eigenvalue weighted by Crippen LogP contribution is -2.44. The molecule has 146 valence electrons. The molecule has 1 saturated carbocycles. The molecular formula is C21H32N6. The molecule has 0 radical (unpaired) electrons. The number of benzene rings is 1. The number of nitrogens with zero attached hydrogens (tertiary/aromatic N) is 4. The minimum absolute atomic E-state index is 0.528. The molecule has 3 rings (SSSR count). The zero-order chi connectivity index (χ0) is 18.9. The van der Waals surface area contributed by atoms with Crippen LogP contribution >= 0.6 is 0 Å². The summed E-state index contributed by atoms with van der Waals surface area (Å²) in [5, 5.41) is 15.5. The molecule has 0 saturated heterocycles. The van der Waals surface area contributed by atoms with Gasteiger partial charge in [0.25, 0.3) is 0 Å². The second-order valence-electron chi connectivity index (χ2n) is 7.38. The van der Waals surface area contributed by atoms with Crippen LogP contribution in [0.1, 0.15) is 55.7 Å². The van der Waals surface area contributed by atoms with Gasteiger partial charge in [-0.05, 0) is 38.2 Å². The molecule has 0 amide bonds. The van der Waals surface area contributed by atoms with Gasteiger partial charge in [-0.25, -0.2) is 4.99 Å². The smallest absolute Gasteiger partial charge is 0.191 e. The first kappa shape index (κ1) is 19.4. The molecule has 0 atom stereocenters. The van der Waals surface area contributed by atoms with Gasteiger partial charge in [0.2, 0.25) is 0 Å². The number of hydrogen-bond acceptors (Lipinski definition) is 3. The largest absolute Gasteiger partial charge is 0.356 e. The number of hydrogen-bond donors (Lipinski definition) is 2. The molecule has 1 heterocycles. The summed E-state index contributed by atoms with van der Waals surface area (Å²) in [6.07, 6.45) is 8.59. The van der Waals surface area contributed by atoms with E-state index in [1.165, 1.54) is 37.7 Å². The van der Waals surface area contributed by atoms with Crippen molar-refractivity contribution in [1.82, 2.24) is 25.4 Å². The number of aliphatic imine (C=N–C) groups is 1. The summed E-state index contributed by atoms with van der Waals surface area (Å²) >= 11 is 0. The Hall–Kier alpha value is -2.37. The molecule has 0 bridgehead atoms. The highest BCUT2D eigenvalue weighted by atomic mass is 15.3. The van der Waals surface area contributed by atoms with Crippen LogP contribution in [0, 0.1) is 6.92 Å². The highest BCUT2D eigenvalue weighted by molar-refractivity contribution is 5.80. The Labute approximate surface area is 162 Å². The van der Waals surface area contributed by atoms with E-state index in [4.69, 9.17) is 4.99 Å². The molecule has 1 aliphatic carbocycles. The van der Waals surface area contributed by atoms with E-state index in [9.17, 15) is 0 Å². The molecule has 1 aromatic carbocycles. The molecule has 6 heteroatoms. The van der Waals surface area contributed by atoms with Gasteiger partial charge in [0.1, 0.15) is 12.4 Å². The molecule has 0 spiro atoms. The van der Waals surface area contributed by atoms with Crippen LogP contribution in [-0.2, 0) is 20.0 Å².